The Morgan fingerprint density at radius 1 is 1.22 bits per heavy atom. The van der Waals surface area contributed by atoms with Crippen molar-refractivity contribution >= 4 is 10.9 Å². The average Bonchev–Trinajstić information content (AvgIpc) is 2.27. The lowest BCUT2D eigenvalue weighted by Gasteiger charge is -2.20. The molecule has 96 valence electrons. The van der Waals surface area contributed by atoms with Gasteiger partial charge >= 0.3 is 0 Å². The molecule has 0 fully saturated rings. The SMILES string of the molecule is COc1ccc(C)c2c(=O)cc(C(C)(C)C)[nH]c12. The Morgan fingerprint density at radius 3 is 2.44 bits per heavy atom. The molecule has 0 saturated carbocycles. The summed E-state index contributed by atoms with van der Waals surface area (Å²) >= 11 is 0. The quantitative estimate of drug-likeness (QED) is 0.838. The van der Waals surface area contributed by atoms with Crippen LogP contribution in [0.4, 0.5) is 0 Å². The Bertz CT molecular complexity index is 648. The lowest BCUT2D eigenvalue weighted by atomic mass is 9.91. The highest BCUT2D eigenvalue weighted by molar-refractivity contribution is 5.87. The molecule has 0 aliphatic carbocycles. The molecule has 0 saturated heterocycles. The molecule has 3 nitrogen and oxygen atoms in total. The van der Waals surface area contributed by atoms with Gasteiger partial charge in [0.25, 0.3) is 0 Å². The normalized spacial score (nSPS) is 11.8. The van der Waals surface area contributed by atoms with Crippen molar-refractivity contribution in [3.63, 3.8) is 0 Å². The van der Waals surface area contributed by atoms with Crippen molar-refractivity contribution < 1.29 is 4.74 Å². The molecule has 18 heavy (non-hydrogen) atoms. The van der Waals surface area contributed by atoms with Gasteiger partial charge in [-0.2, -0.15) is 0 Å². The minimum Gasteiger partial charge on any atom is -0.495 e. The molecule has 0 aliphatic rings. The van der Waals surface area contributed by atoms with E-state index < -0.39 is 0 Å². The summed E-state index contributed by atoms with van der Waals surface area (Å²) in [5.41, 5.74) is 2.62. The van der Waals surface area contributed by atoms with Crippen molar-refractivity contribution in [1.82, 2.24) is 4.98 Å². The molecule has 0 radical (unpaired) electrons. The lowest BCUT2D eigenvalue weighted by molar-refractivity contribution is 0.418. The molecule has 0 unspecified atom stereocenters. The third-order valence-electron chi connectivity index (χ3n) is 3.18. The van der Waals surface area contributed by atoms with E-state index in [9.17, 15) is 4.79 Å². The predicted molar refractivity (Wildman–Crippen MR) is 74.6 cm³/mol. The van der Waals surface area contributed by atoms with E-state index in [-0.39, 0.29) is 10.8 Å². The highest BCUT2D eigenvalue weighted by Gasteiger charge is 2.18. The minimum atomic E-state index is -0.0951. The summed E-state index contributed by atoms with van der Waals surface area (Å²) < 4.78 is 5.33. The number of hydrogen-bond acceptors (Lipinski definition) is 2. The first-order valence-corrected chi connectivity index (χ1v) is 6.05. The van der Waals surface area contributed by atoms with E-state index in [2.05, 4.69) is 25.8 Å². The molecule has 0 spiro atoms. The maximum Gasteiger partial charge on any atom is 0.190 e. The number of rotatable bonds is 1. The molecule has 1 N–H and O–H groups in total. The van der Waals surface area contributed by atoms with Crippen molar-refractivity contribution in [2.75, 3.05) is 7.11 Å². The van der Waals surface area contributed by atoms with Crippen LogP contribution in [0, 0.1) is 6.92 Å². The smallest absolute Gasteiger partial charge is 0.190 e. The number of H-pyrrole nitrogens is 1. The maximum absolute atomic E-state index is 12.3. The molecule has 1 aromatic carbocycles. The predicted octanol–water partition coefficient (Wildman–Crippen LogP) is 3.14. The van der Waals surface area contributed by atoms with E-state index in [1.54, 1.807) is 13.2 Å². The second-order valence-corrected chi connectivity index (χ2v) is 5.63. The highest BCUT2D eigenvalue weighted by Crippen LogP contribution is 2.27. The van der Waals surface area contributed by atoms with Crippen LogP contribution in [0.15, 0.2) is 23.0 Å². The van der Waals surface area contributed by atoms with Crippen molar-refractivity contribution in [1.29, 1.82) is 0 Å². The summed E-state index contributed by atoms with van der Waals surface area (Å²) in [6, 6.07) is 5.49. The molecule has 0 aliphatic heterocycles. The maximum atomic E-state index is 12.3. The van der Waals surface area contributed by atoms with E-state index in [1.165, 1.54) is 0 Å². The van der Waals surface area contributed by atoms with Gasteiger partial charge in [-0.25, -0.2) is 0 Å². The van der Waals surface area contributed by atoms with Crippen molar-refractivity contribution in [2.45, 2.75) is 33.1 Å². The number of nitrogens with one attached hydrogen (secondary N) is 1. The first-order valence-electron chi connectivity index (χ1n) is 6.05. The third kappa shape index (κ3) is 2.01. The number of aryl methyl sites for hydroxylation is 1. The zero-order valence-corrected chi connectivity index (χ0v) is 11.5. The van der Waals surface area contributed by atoms with Crippen LogP contribution in [-0.2, 0) is 5.41 Å². The second-order valence-electron chi connectivity index (χ2n) is 5.63. The monoisotopic (exact) mass is 245 g/mol. The first kappa shape index (κ1) is 12.7. The molecule has 2 rings (SSSR count). The summed E-state index contributed by atoms with van der Waals surface area (Å²) in [5, 5.41) is 0.711. The molecule has 0 atom stereocenters. The van der Waals surface area contributed by atoms with Crippen molar-refractivity contribution in [3.8, 4) is 5.75 Å². The van der Waals surface area contributed by atoms with Gasteiger partial charge in [0.2, 0.25) is 0 Å². The standard InChI is InChI=1S/C15H19NO2/c1-9-6-7-11(18-5)14-13(9)10(17)8-12(16-14)15(2,3)4/h6-8H,1-5H3,(H,16,17). The van der Waals surface area contributed by atoms with Gasteiger partial charge in [0.05, 0.1) is 18.0 Å². The number of aromatic amines is 1. The summed E-state index contributed by atoms with van der Waals surface area (Å²) in [6.45, 7) is 8.17. The summed E-state index contributed by atoms with van der Waals surface area (Å²) in [7, 11) is 1.62. The summed E-state index contributed by atoms with van der Waals surface area (Å²) in [6.07, 6.45) is 0. The fraction of sp³-hybridized carbons (Fsp3) is 0.400. The van der Waals surface area contributed by atoms with Crippen LogP contribution in [0.25, 0.3) is 10.9 Å². The van der Waals surface area contributed by atoms with Crippen LogP contribution >= 0.6 is 0 Å². The number of benzene rings is 1. The van der Waals surface area contributed by atoms with Crippen LogP contribution < -0.4 is 10.2 Å². The number of fused-ring (bicyclic) bond motifs is 1. The fourth-order valence-corrected chi connectivity index (χ4v) is 2.08. The van der Waals surface area contributed by atoms with Gasteiger partial charge in [0.15, 0.2) is 5.43 Å². The van der Waals surface area contributed by atoms with Crippen LogP contribution in [0.5, 0.6) is 5.75 Å². The number of hydrogen-bond donors (Lipinski definition) is 1. The minimum absolute atomic E-state index is 0.0464. The van der Waals surface area contributed by atoms with Crippen LogP contribution in [0.2, 0.25) is 0 Å². The van der Waals surface area contributed by atoms with Crippen LogP contribution in [0.1, 0.15) is 32.0 Å². The fourth-order valence-electron chi connectivity index (χ4n) is 2.08. The molecule has 2 aromatic rings. The first-order chi connectivity index (χ1) is 8.34. The summed E-state index contributed by atoms with van der Waals surface area (Å²) in [5.74, 6) is 0.707. The second kappa shape index (κ2) is 4.16. The van der Waals surface area contributed by atoms with Crippen LogP contribution in [0.3, 0.4) is 0 Å². The van der Waals surface area contributed by atoms with Gasteiger partial charge in [0, 0.05) is 17.2 Å². The van der Waals surface area contributed by atoms with E-state index in [0.29, 0.717) is 11.1 Å². The number of methoxy groups -OCH3 is 1. The van der Waals surface area contributed by atoms with Crippen molar-refractivity contribution in [3.05, 3.63) is 39.7 Å². The highest BCUT2D eigenvalue weighted by atomic mass is 16.5. The number of ether oxygens (including phenoxy) is 1. The zero-order valence-electron chi connectivity index (χ0n) is 11.5. The molecule has 1 aromatic heterocycles. The molecule has 1 heterocycles. The van der Waals surface area contributed by atoms with Crippen LogP contribution in [-0.4, -0.2) is 12.1 Å². The van der Waals surface area contributed by atoms with Gasteiger partial charge in [-0.1, -0.05) is 26.8 Å². The lowest BCUT2D eigenvalue weighted by Crippen LogP contribution is -2.18. The largest absolute Gasteiger partial charge is 0.495 e. The molecular formula is C15H19NO2. The zero-order chi connectivity index (χ0) is 13.5. The number of aromatic nitrogens is 1. The topological polar surface area (TPSA) is 42.1 Å². The van der Waals surface area contributed by atoms with Gasteiger partial charge in [-0.15, -0.1) is 0 Å². The molecule has 3 heteroatoms. The van der Waals surface area contributed by atoms with E-state index in [4.69, 9.17) is 4.74 Å². The Morgan fingerprint density at radius 2 is 1.89 bits per heavy atom. The van der Waals surface area contributed by atoms with Gasteiger partial charge in [-0.05, 0) is 18.6 Å². The van der Waals surface area contributed by atoms with Crippen molar-refractivity contribution in [2.24, 2.45) is 0 Å². The Hall–Kier alpha value is -1.77. The Labute approximate surface area is 107 Å². The third-order valence-corrected chi connectivity index (χ3v) is 3.18. The molecular weight excluding hydrogens is 226 g/mol. The molecule has 0 bridgehead atoms. The molecule has 0 amide bonds. The number of pyridine rings is 1. The summed E-state index contributed by atoms with van der Waals surface area (Å²) in [4.78, 5) is 15.6. The van der Waals surface area contributed by atoms with E-state index in [1.807, 2.05) is 19.1 Å². The Balaban J connectivity index is 2.91. The van der Waals surface area contributed by atoms with E-state index in [0.717, 1.165) is 16.8 Å². The average molecular weight is 245 g/mol. The Kier molecular flexibility index (Phi) is 2.93. The van der Waals surface area contributed by atoms with Gasteiger partial charge in [-0.3, -0.25) is 4.79 Å². The van der Waals surface area contributed by atoms with Gasteiger partial charge in [0.1, 0.15) is 5.75 Å². The van der Waals surface area contributed by atoms with E-state index >= 15 is 0 Å². The van der Waals surface area contributed by atoms with Gasteiger partial charge < -0.3 is 9.72 Å².